The molecule has 1 nitrogen and oxygen atoms in total. The van der Waals surface area contributed by atoms with Gasteiger partial charge in [0.1, 0.15) is 0 Å². The molecule has 2 rings (SSSR count). The van der Waals surface area contributed by atoms with E-state index < -0.39 is 0 Å². The van der Waals surface area contributed by atoms with Crippen LogP contribution in [-0.2, 0) is 4.74 Å². The molecule has 3 atom stereocenters. The van der Waals surface area contributed by atoms with E-state index in [1.54, 1.807) is 0 Å². The molecule has 0 amide bonds. The van der Waals surface area contributed by atoms with Gasteiger partial charge in [0.05, 0.1) is 6.10 Å². The molecule has 0 aromatic carbocycles. The van der Waals surface area contributed by atoms with Gasteiger partial charge in [0.25, 0.3) is 0 Å². The van der Waals surface area contributed by atoms with Gasteiger partial charge in [-0.25, -0.2) is 0 Å². The highest BCUT2D eigenvalue weighted by atomic mass is 16.5. The van der Waals surface area contributed by atoms with Crippen molar-refractivity contribution in [2.75, 3.05) is 6.61 Å². The van der Waals surface area contributed by atoms with E-state index in [9.17, 15) is 0 Å². The van der Waals surface area contributed by atoms with Crippen molar-refractivity contribution in [3.8, 4) is 0 Å². The predicted octanol–water partition coefficient (Wildman–Crippen LogP) is 1.43. The standard InChI is InChI=1S/C7H12O/c1-5-2-6-3-7(6)8-4-5/h5-7H,2-4H2,1H3. The van der Waals surface area contributed by atoms with Gasteiger partial charge in [0, 0.05) is 6.61 Å². The van der Waals surface area contributed by atoms with Crippen LogP contribution >= 0.6 is 0 Å². The van der Waals surface area contributed by atoms with E-state index in [2.05, 4.69) is 6.92 Å². The van der Waals surface area contributed by atoms with E-state index in [1.807, 2.05) is 0 Å². The van der Waals surface area contributed by atoms with Crippen LogP contribution in [0.5, 0.6) is 0 Å². The number of rotatable bonds is 0. The van der Waals surface area contributed by atoms with Crippen molar-refractivity contribution in [2.45, 2.75) is 25.9 Å². The van der Waals surface area contributed by atoms with E-state index >= 15 is 0 Å². The average Bonchev–Trinajstić information content (AvgIpc) is 2.43. The second-order valence-electron chi connectivity index (χ2n) is 3.21. The zero-order chi connectivity index (χ0) is 5.56. The highest BCUT2D eigenvalue weighted by molar-refractivity contribution is 4.91. The molecule has 1 saturated carbocycles. The van der Waals surface area contributed by atoms with Crippen molar-refractivity contribution < 1.29 is 4.74 Å². The summed E-state index contributed by atoms with van der Waals surface area (Å²) in [4.78, 5) is 0. The highest BCUT2D eigenvalue weighted by Gasteiger charge is 2.42. The second kappa shape index (κ2) is 1.47. The Morgan fingerprint density at radius 3 is 2.88 bits per heavy atom. The van der Waals surface area contributed by atoms with E-state index in [0.29, 0.717) is 6.10 Å². The van der Waals surface area contributed by atoms with E-state index in [0.717, 1.165) is 18.4 Å². The van der Waals surface area contributed by atoms with Crippen LogP contribution in [0.3, 0.4) is 0 Å². The van der Waals surface area contributed by atoms with Gasteiger partial charge in [-0.3, -0.25) is 0 Å². The molecule has 1 heterocycles. The van der Waals surface area contributed by atoms with Crippen molar-refractivity contribution in [1.29, 1.82) is 0 Å². The first-order chi connectivity index (χ1) is 3.86. The first-order valence-corrected chi connectivity index (χ1v) is 3.48. The van der Waals surface area contributed by atoms with Gasteiger partial charge in [-0.15, -0.1) is 0 Å². The summed E-state index contributed by atoms with van der Waals surface area (Å²) in [5, 5.41) is 0. The summed E-state index contributed by atoms with van der Waals surface area (Å²) in [5.74, 6) is 1.79. The fourth-order valence-corrected chi connectivity index (χ4v) is 1.54. The van der Waals surface area contributed by atoms with Crippen LogP contribution in [0.1, 0.15) is 19.8 Å². The Morgan fingerprint density at radius 1 is 1.38 bits per heavy atom. The summed E-state index contributed by atoms with van der Waals surface area (Å²) >= 11 is 0. The summed E-state index contributed by atoms with van der Waals surface area (Å²) in [6, 6.07) is 0. The van der Waals surface area contributed by atoms with Gasteiger partial charge in [0.15, 0.2) is 0 Å². The Kier molecular flexibility index (Phi) is 0.884. The minimum Gasteiger partial charge on any atom is -0.378 e. The van der Waals surface area contributed by atoms with Crippen molar-refractivity contribution in [3.05, 3.63) is 0 Å². The van der Waals surface area contributed by atoms with Gasteiger partial charge < -0.3 is 4.74 Å². The lowest BCUT2D eigenvalue weighted by Crippen LogP contribution is -2.15. The third-order valence-electron chi connectivity index (χ3n) is 2.16. The highest BCUT2D eigenvalue weighted by Crippen LogP contribution is 2.42. The zero-order valence-corrected chi connectivity index (χ0v) is 5.26. The summed E-state index contributed by atoms with van der Waals surface area (Å²) in [6.07, 6.45) is 3.46. The third-order valence-corrected chi connectivity index (χ3v) is 2.16. The van der Waals surface area contributed by atoms with Crippen LogP contribution in [0.4, 0.5) is 0 Å². The molecule has 0 N–H and O–H groups in total. The molecule has 0 radical (unpaired) electrons. The zero-order valence-electron chi connectivity index (χ0n) is 5.26. The van der Waals surface area contributed by atoms with Crippen LogP contribution in [-0.4, -0.2) is 12.7 Å². The minimum atomic E-state index is 0.686. The topological polar surface area (TPSA) is 9.23 Å². The lowest BCUT2D eigenvalue weighted by Gasteiger charge is -2.16. The third kappa shape index (κ3) is 0.655. The molecule has 0 aromatic heterocycles. The first kappa shape index (κ1) is 4.80. The summed E-state index contributed by atoms with van der Waals surface area (Å²) in [7, 11) is 0. The number of hydrogen-bond acceptors (Lipinski definition) is 1. The van der Waals surface area contributed by atoms with Crippen LogP contribution in [0, 0.1) is 11.8 Å². The average molecular weight is 112 g/mol. The Labute approximate surface area is 50.0 Å². The maximum Gasteiger partial charge on any atom is 0.0608 e. The van der Waals surface area contributed by atoms with E-state index in [-0.39, 0.29) is 0 Å². The lowest BCUT2D eigenvalue weighted by molar-refractivity contribution is 0.0475. The number of fused-ring (bicyclic) bond motifs is 1. The van der Waals surface area contributed by atoms with Crippen molar-refractivity contribution in [2.24, 2.45) is 11.8 Å². The molecule has 0 bridgehead atoms. The molecule has 1 aliphatic carbocycles. The maximum atomic E-state index is 5.46. The van der Waals surface area contributed by atoms with Gasteiger partial charge in [-0.05, 0) is 24.7 Å². The SMILES string of the molecule is CC1COC2CC2C1. The number of hydrogen-bond donors (Lipinski definition) is 0. The van der Waals surface area contributed by atoms with E-state index in [4.69, 9.17) is 4.74 Å². The van der Waals surface area contributed by atoms with Crippen molar-refractivity contribution in [3.63, 3.8) is 0 Å². The maximum absolute atomic E-state index is 5.46. The Balaban J connectivity index is 1.93. The van der Waals surface area contributed by atoms with Crippen LogP contribution in [0.2, 0.25) is 0 Å². The smallest absolute Gasteiger partial charge is 0.0608 e. The molecule has 1 saturated heterocycles. The lowest BCUT2D eigenvalue weighted by atomic mass is 10.0. The van der Waals surface area contributed by atoms with Gasteiger partial charge in [-0.1, -0.05) is 6.92 Å². The molecule has 1 aliphatic heterocycles. The van der Waals surface area contributed by atoms with E-state index in [1.165, 1.54) is 12.8 Å². The van der Waals surface area contributed by atoms with Crippen LogP contribution < -0.4 is 0 Å². The second-order valence-corrected chi connectivity index (χ2v) is 3.21. The normalized spacial score (nSPS) is 52.9. The predicted molar refractivity (Wildman–Crippen MR) is 31.6 cm³/mol. The monoisotopic (exact) mass is 112 g/mol. The van der Waals surface area contributed by atoms with Gasteiger partial charge in [-0.2, -0.15) is 0 Å². The fourth-order valence-electron chi connectivity index (χ4n) is 1.54. The minimum absolute atomic E-state index is 0.686. The Morgan fingerprint density at radius 2 is 2.25 bits per heavy atom. The van der Waals surface area contributed by atoms with Gasteiger partial charge >= 0.3 is 0 Å². The molecule has 0 aromatic rings. The molecule has 8 heavy (non-hydrogen) atoms. The quantitative estimate of drug-likeness (QED) is 0.460. The van der Waals surface area contributed by atoms with Crippen molar-refractivity contribution >= 4 is 0 Å². The molecule has 2 fully saturated rings. The largest absolute Gasteiger partial charge is 0.378 e. The molecule has 46 valence electrons. The summed E-state index contributed by atoms with van der Waals surface area (Å²) < 4.78 is 5.46. The molecular formula is C7H12O. The van der Waals surface area contributed by atoms with Gasteiger partial charge in [0.2, 0.25) is 0 Å². The Bertz CT molecular complexity index is 101. The molecular weight excluding hydrogens is 100 g/mol. The van der Waals surface area contributed by atoms with Crippen LogP contribution in [0.15, 0.2) is 0 Å². The molecule has 0 spiro atoms. The molecule has 1 heteroatoms. The molecule has 2 aliphatic rings. The summed E-state index contributed by atoms with van der Waals surface area (Å²) in [5.41, 5.74) is 0. The summed E-state index contributed by atoms with van der Waals surface area (Å²) in [6.45, 7) is 3.29. The van der Waals surface area contributed by atoms with Crippen molar-refractivity contribution in [1.82, 2.24) is 0 Å². The first-order valence-electron chi connectivity index (χ1n) is 3.48. The van der Waals surface area contributed by atoms with Crippen LogP contribution in [0.25, 0.3) is 0 Å². The molecule has 3 unspecified atom stereocenters. The Hall–Kier alpha value is -0.0400. The fraction of sp³-hybridized carbons (Fsp3) is 1.00. The number of ether oxygens (including phenoxy) is 1.